The van der Waals surface area contributed by atoms with E-state index in [4.69, 9.17) is 15.0 Å². The van der Waals surface area contributed by atoms with E-state index < -0.39 is 0 Å². The molecular formula is C25H27FN4O2. The summed E-state index contributed by atoms with van der Waals surface area (Å²) in [4.78, 5) is 6.38. The first-order valence-corrected chi connectivity index (χ1v) is 10.7. The van der Waals surface area contributed by atoms with Gasteiger partial charge >= 0.3 is 0 Å². The lowest BCUT2D eigenvalue weighted by molar-refractivity contribution is 0.0674. The molecule has 1 aliphatic heterocycles. The zero-order chi connectivity index (χ0) is 22.3. The average Bonchev–Trinajstić information content (AvgIpc) is 3.25. The number of morpholine rings is 1. The SMILES string of the molecule is CC(=Cc1cc(CN=C(N)N2CCOCC2)on1)Cc1ccc(-c2ccccc2)c(F)c1. The van der Waals surface area contributed by atoms with Gasteiger partial charge < -0.3 is 19.9 Å². The van der Waals surface area contributed by atoms with Gasteiger partial charge in [0.05, 0.1) is 13.2 Å². The van der Waals surface area contributed by atoms with Crippen molar-refractivity contribution in [3.63, 3.8) is 0 Å². The van der Waals surface area contributed by atoms with Crippen molar-refractivity contribution >= 4 is 12.0 Å². The van der Waals surface area contributed by atoms with Crippen molar-refractivity contribution in [2.75, 3.05) is 26.3 Å². The van der Waals surface area contributed by atoms with Gasteiger partial charge in [0.15, 0.2) is 11.7 Å². The number of nitrogens with two attached hydrogens (primary N) is 1. The fraction of sp³-hybridized carbons (Fsp3) is 0.280. The first-order valence-electron chi connectivity index (χ1n) is 10.7. The highest BCUT2D eigenvalue weighted by Gasteiger charge is 2.12. The van der Waals surface area contributed by atoms with Crippen LogP contribution in [0.2, 0.25) is 0 Å². The van der Waals surface area contributed by atoms with E-state index in [2.05, 4.69) is 10.1 Å². The first-order chi connectivity index (χ1) is 15.6. The molecule has 2 heterocycles. The summed E-state index contributed by atoms with van der Waals surface area (Å²) in [5.41, 5.74) is 10.2. The van der Waals surface area contributed by atoms with Crippen molar-refractivity contribution in [1.82, 2.24) is 10.1 Å². The van der Waals surface area contributed by atoms with Crippen molar-refractivity contribution in [2.45, 2.75) is 19.9 Å². The third-order valence-electron chi connectivity index (χ3n) is 5.30. The second-order valence-corrected chi connectivity index (χ2v) is 7.84. The molecule has 1 aromatic heterocycles. The number of halogens is 1. The van der Waals surface area contributed by atoms with Crippen molar-refractivity contribution in [3.8, 4) is 11.1 Å². The van der Waals surface area contributed by atoms with Crippen LogP contribution in [-0.4, -0.2) is 42.3 Å². The van der Waals surface area contributed by atoms with E-state index in [1.54, 1.807) is 6.07 Å². The molecule has 0 saturated carbocycles. The molecule has 1 saturated heterocycles. The molecule has 0 amide bonds. The van der Waals surface area contributed by atoms with Crippen molar-refractivity contribution < 1.29 is 13.7 Å². The summed E-state index contributed by atoms with van der Waals surface area (Å²) in [7, 11) is 0. The fourth-order valence-electron chi connectivity index (χ4n) is 3.67. The van der Waals surface area contributed by atoms with Crippen LogP contribution in [0.4, 0.5) is 4.39 Å². The summed E-state index contributed by atoms with van der Waals surface area (Å²) < 4.78 is 25.3. The van der Waals surface area contributed by atoms with Crippen LogP contribution in [0, 0.1) is 5.82 Å². The third-order valence-corrected chi connectivity index (χ3v) is 5.30. The van der Waals surface area contributed by atoms with Gasteiger partial charge in [-0.05, 0) is 36.6 Å². The van der Waals surface area contributed by atoms with E-state index in [9.17, 15) is 4.39 Å². The van der Waals surface area contributed by atoms with E-state index in [1.807, 2.05) is 66.4 Å². The molecule has 0 atom stereocenters. The number of aliphatic imine (C=N–C) groups is 1. The minimum Gasteiger partial charge on any atom is -0.378 e. The predicted molar refractivity (Wildman–Crippen MR) is 123 cm³/mol. The second-order valence-electron chi connectivity index (χ2n) is 7.84. The van der Waals surface area contributed by atoms with Crippen molar-refractivity contribution in [3.05, 3.63) is 83.0 Å². The van der Waals surface area contributed by atoms with Gasteiger partial charge in [-0.15, -0.1) is 0 Å². The zero-order valence-corrected chi connectivity index (χ0v) is 18.1. The Hall–Kier alpha value is -3.45. The molecular weight excluding hydrogens is 407 g/mol. The van der Waals surface area contributed by atoms with Crippen molar-refractivity contribution in [2.24, 2.45) is 10.7 Å². The maximum absolute atomic E-state index is 14.6. The fourth-order valence-corrected chi connectivity index (χ4v) is 3.67. The van der Waals surface area contributed by atoms with Crippen LogP contribution < -0.4 is 5.73 Å². The van der Waals surface area contributed by atoms with Crippen LogP contribution in [0.25, 0.3) is 17.2 Å². The van der Waals surface area contributed by atoms with Crippen LogP contribution in [0.3, 0.4) is 0 Å². The smallest absolute Gasteiger partial charge is 0.191 e. The number of hydrogen-bond acceptors (Lipinski definition) is 4. The molecule has 0 unspecified atom stereocenters. The molecule has 4 rings (SSSR count). The normalized spacial score (nSPS) is 15.2. The van der Waals surface area contributed by atoms with Gasteiger partial charge in [0.1, 0.15) is 18.1 Å². The van der Waals surface area contributed by atoms with Crippen LogP contribution in [0.15, 0.2) is 69.7 Å². The highest BCUT2D eigenvalue weighted by Crippen LogP contribution is 2.24. The minimum atomic E-state index is -0.221. The maximum atomic E-state index is 14.6. The van der Waals surface area contributed by atoms with E-state index in [0.717, 1.165) is 29.8 Å². The first kappa shape index (κ1) is 21.8. The molecule has 0 spiro atoms. The Bertz CT molecular complexity index is 1100. The lowest BCUT2D eigenvalue weighted by Gasteiger charge is -2.27. The summed E-state index contributed by atoms with van der Waals surface area (Å²) in [5, 5.41) is 4.09. The third kappa shape index (κ3) is 5.62. The highest BCUT2D eigenvalue weighted by molar-refractivity contribution is 5.78. The number of benzene rings is 2. The van der Waals surface area contributed by atoms with Gasteiger partial charge in [0.2, 0.25) is 0 Å². The summed E-state index contributed by atoms with van der Waals surface area (Å²) in [6.45, 7) is 5.12. The standard InChI is InChI=1S/C25H27FN4O2/c1-18(13-19-7-8-23(24(26)15-19)20-5-3-2-4-6-20)14-21-16-22(32-29-21)17-28-25(27)30-9-11-31-12-10-30/h2-8,14-16H,9-13,17H2,1H3,(H2,27,28). The number of allylic oxidation sites excluding steroid dienone is 1. The van der Waals surface area contributed by atoms with E-state index in [1.165, 1.54) is 0 Å². The molecule has 32 heavy (non-hydrogen) atoms. The number of hydrogen-bond donors (Lipinski definition) is 1. The summed E-state index contributed by atoms with van der Waals surface area (Å²) >= 11 is 0. The Morgan fingerprint density at radius 1 is 1.16 bits per heavy atom. The zero-order valence-electron chi connectivity index (χ0n) is 18.1. The predicted octanol–water partition coefficient (Wildman–Crippen LogP) is 4.27. The molecule has 1 fully saturated rings. The monoisotopic (exact) mass is 434 g/mol. The number of nitrogens with zero attached hydrogens (tertiary/aromatic N) is 3. The second kappa shape index (κ2) is 10.2. The number of aromatic nitrogens is 1. The molecule has 2 N–H and O–H groups in total. The molecule has 166 valence electrons. The van der Waals surface area contributed by atoms with E-state index >= 15 is 0 Å². The van der Waals surface area contributed by atoms with Crippen LogP contribution in [-0.2, 0) is 17.7 Å². The average molecular weight is 435 g/mol. The lowest BCUT2D eigenvalue weighted by Crippen LogP contribution is -2.44. The quantitative estimate of drug-likeness (QED) is 0.463. The molecule has 0 bridgehead atoms. The van der Waals surface area contributed by atoms with Crippen LogP contribution in [0.1, 0.15) is 23.9 Å². The highest BCUT2D eigenvalue weighted by atomic mass is 19.1. The largest absolute Gasteiger partial charge is 0.378 e. The summed E-state index contributed by atoms with van der Waals surface area (Å²) in [6, 6.07) is 16.8. The summed E-state index contributed by atoms with van der Waals surface area (Å²) in [6.07, 6.45) is 2.56. The van der Waals surface area contributed by atoms with Gasteiger partial charge in [-0.1, -0.05) is 53.2 Å². The van der Waals surface area contributed by atoms with Crippen LogP contribution in [0.5, 0.6) is 0 Å². The molecule has 0 aliphatic carbocycles. The number of guanidine groups is 1. The van der Waals surface area contributed by atoms with Gasteiger partial charge in [0.25, 0.3) is 0 Å². The van der Waals surface area contributed by atoms with Gasteiger partial charge in [-0.2, -0.15) is 0 Å². The summed E-state index contributed by atoms with van der Waals surface area (Å²) in [5.74, 6) is 0.901. The topological polar surface area (TPSA) is 76.9 Å². The number of ether oxygens (including phenoxy) is 1. The van der Waals surface area contributed by atoms with Crippen LogP contribution >= 0.6 is 0 Å². The Morgan fingerprint density at radius 2 is 1.94 bits per heavy atom. The molecule has 3 aromatic rings. The Kier molecular flexibility index (Phi) is 6.97. The minimum absolute atomic E-state index is 0.221. The molecule has 0 radical (unpaired) electrons. The Balaban J connectivity index is 1.37. The van der Waals surface area contributed by atoms with Gasteiger partial charge in [-0.25, -0.2) is 9.38 Å². The molecule has 2 aromatic carbocycles. The van der Waals surface area contributed by atoms with Crippen molar-refractivity contribution in [1.29, 1.82) is 0 Å². The molecule has 1 aliphatic rings. The van der Waals surface area contributed by atoms with Gasteiger partial charge in [0, 0.05) is 24.7 Å². The van der Waals surface area contributed by atoms with E-state index in [0.29, 0.717) is 49.2 Å². The lowest BCUT2D eigenvalue weighted by atomic mass is 10.00. The number of rotatable bonds is 6. The Morgan fingerprint density at radius 3 is 2.69 bits per heavy atom. The Labute approximate surface area is 187 Å². The van der Waals surface area contributed by atoms with E-state index in [-0.39, 0.29) is 5.82 Å². The molecule has 6 nitrogen and oxygen atoms in total. The molecule has 7 heteroatoms. The maximum Gasteiger partial charge on any atom is 0.191 e. The van der Waals surface area contributed by atoms with Gasteiger partial charge in [-0.3, -0.25) is 0 Å².